The highest BCUT2D eigenvalue weighted by atomic mass is 32.2. The highest BCUT2D eigenvalue weighted by Gasteiger charge is 2.28. The molecule has 0 aromatic carbocycles. The Labute approximate surface area is 164 Å². The minimum absolute atomic E-state index is 0.00278. The number of hydrogen-bond donors (Lipinski definition) is 1. The average Bonchev–Trinajstić information content (AvgIpc) is 3.09. The standard InChI is InChI=1S/C17H25N5O5S/c1-28(25,26)21-8-4-15(5-9-21)27-12-13-11-19-22(16(13)10-18)14-2-6-20(7-3-14)17(23)24/h11,14-15H,2-9,12H2,1H3,(H,23,24). The Morgan fingerprint density at radius 2 is 1.93 bits per heavy atom. The van der Waals surface area contributed by atoms with E-state index in [1.54, 1.807) is 10.9 Å². The number of carbonyl (C=O) groups is 1. The molecule has 1 N–H and O–H groups in total. The monoisotopic (exact) mass is 411 g/mol. The van der Waals surface area contributed by atoms with E-state index in [9.17, 15) is 18.5 Å². The maximum absolute atomic E-state index is 11.6. The molecular formula is C17H25N5O5S. The largest absolute Gasteiger partial charge is 0.465 e. The molecule has 0 aliphatic carbocycles. The molecule has 0 spiro atoms. The number of hydrogen-bond acceptors (Lipinski definition) is 6. The van der Waals surface area contributed by atoms with Gasteiger partial charge >= 0.3 is 6.09 Å². The molecule has 1 aromatic rings. The van der Waals surface area contributed by atoms with Crippen molar-refractivity contribution in [1.82, 2.24) is 19.0 Å². The molecule has 154 valence electrons. The molecule has 11 heteroatoms. The first-order valence-corrected chi connectivity index (χ1v) is 11.2. The summed E-state index contributed by atoms with van der Waals surface area (Å²) < 4.78 is 32.2. The molecule has 1 aromatic heterocycles. The van der Waals surface area contributed by atoms with Crippen molar-refractivity contribution >= 4 is 16.1 Å². The number of sulfonamides is 1. The minimum atomic E-state index is -3.16. The molecule has 2 saturated heterocycles. The van der Waals surface area contributed by atoms with Crippen molar-refractivity contribution in [2.75, 3.05) is 32.4 Å². The van der Waals surface area contributed by atoms with Crippen molar-refractivity contribution in [2.45, 2.75) is 44.4 Å². The second kappa shape index (κ2) is 8.46. The van der Waals surface area contributed by atoms with Gasteiger partial charge in [0.25, 0.3) is 0 Å². The molecule has 2 aliphatic rings. The summed E-state index contributed by atoms with van der Waals surface area (Å²) in [5.41, 5.74) is 1.15. The third-order valence-electron chi connectivity index (χ3n) is 5.40. The lowest BCUT2D eigenvalue weighted by atomic mass is 10.1. The molecule has 10 nitrogen and oxygen atoms in total. The van der Waals surface area contributed by atoms with Gasteiger partial charge in [-0.3, -0.25) is 4.68 Å². The Kier molecular flexibility index (Phi) is 6.22. The SMILES string of the molecule is CS(=O)(=O)N1CCC(OCc2cnn(C3CCN(C(=O)O)CC3)c2C#N)CC1. The van der Waals surface area contributed by atoms with Gasteiger partial charge in [0.2, 0.25) is 10.0 Å². The molecule has 0 atom stereocenters. The summed E-state index contributed by atoms with van der Waals surface area (Å²) >= 11 is 0. The van der Waals surface area contributed by atoms with E-state index in [1.165, 1.54) is 15.5 Å². The van der Waals surface area contributed by atoms with Crippen molar-refractivity contribution in [2.24, 2.45) is 0 Å². The van der Waals surface area contributed by atoms with Crippen LogP contribution in [0.25, 0.3) is 0 Å². The summed E-state index contributed by atoms with van der Waals surface area (Å²) in [7, 11) is -3.16. The van der Waals surface area contributed by atoms with E-state index in [2.05, 4.69) is 11.2 Å². The second-order valence-corrected chi connectivity index (χ2v) is 9.23. The maximum Gasteiger partial charge on any atom is 0.407 e. The Morgan fingerprint density at radius 3 is 2.46 bits per heavy atom. The van der Waals surface area contributed by atoms with Gasteiger partial charge in [0, 0.05) is 31.7 Å². The van der Waals surface area contributed by atoms with Crippen molar-refractivity contribution in [3.8, 4) is 6.07 Å². The van der Waals surface area contributed by atoms with Gasteiger partial charge in [-0.05, 0) is 25.7 Å². The molecule has 28 heavy (non-hydrogen) atoms. The van der Waals surface area contributed by atoms with E-state index in [4.69, 9.17) is 9.84 Å². The normalized spacial score (nSPS) is 20.2. The van der Waals surface area contributed by atoms with Crippen LogP contribution in [0.2, 0.25) is 0 Å². The highest BCUT2D eigenvalue weighted by Crippen LogP contribution is 2.25. The first kappa shape index (κ1) is 20.6. The van der Waals surface area contributed by atoms with E-state index in [0.29, 0.717) is 63.1 Å². The van der Waals surface area contributed by atoms with Crippen molar-refractivity contribution in [1.29, 1.82) is 5.26 Å². The zero-order chi connectivity index (χ0) is 20.3. The van der Waals surface area contributed by atoms with Crippen LogP contribution in [0.3, 0.4) is 0 Å². The van der Waals surface area contributed by atoms with E-state index in [1.807, 2.05) is 0 Å². The first-order valence-electron chi connectivity index (χ1n) is 9.30. The van der Waals surface area contributed by atoms with Crippen LogP contribution in [0.5, 0.6) is 0 Å². The Morgan fingerprint density at radius 1 is 1.29 bits per heavy atom. The molecule has 2 aliphatic heterocycles. The molecule has 3 rings (SSSR count). The smallest absolute Gasteiger partial charge is 0.407 e. The molecule has 0 bridgehead atoms. The van der Waals surface area contributed by atoms with Crippen LogP contribution in [-0.4, -0.2) is 77.1 Å². The molecule has 0 radical (unpaired) electrons. The minimum Gasteiger partial charge on any atom is -0.465 e. The van der Waals surface area contributed by atoms with E-state index in [0.717, 1.165) is 0 Å². The predicted molar refractivity (Wildman–Crippen MR) is 99.0 cm³/mol. The number of aromatic nitrogens is 2. The number of amides is 1. The van der Waals surface area contributed by atoms with Crippen molar-refractivity contribution in [3.05, 3.63) is 17.5 Å². The molecule has 0 saturated carbocycles. The Bertz CT molecular complexity index is 846. The molecule has 0 unspecified atom stereocenters. The number of piperidine rings is 2. The van der Waals surface area contributed by atoms with Gasteiger partial charge < -0.3 is 14.7 Å². The fourth-order valence-corrected chi connectivity index (χ4v) is 4.62. The van der Waals surface area contributed by atoms with Gasteiger partial charge in [0.1, 0.15) is 11.8 Å². The number of carboxylic acid groups (broad SMARTS) is 1. The van der Waals surface area contributed by atoms with Crippen molar-refractivity contribution < 1.29 is 23.1 Å². The number of ether oxygens (including phenoxy) is 1. The summed E-state index contributed by atoms with van der Waals surface area (Å²) in [4.78, 5) is 12.4. The topological polar surface area (TPSA) is 129 Å². The number of nitrogens with zero attached hydrogens (tertiary/aromatic N) is 5. The lowest BCUT2D eigenvalue weighted by molar-refractivity contribution is 0.0101. The lowest BCUT2D eigenvalue weighted by Crippen LogP contribution is -2.40. The first-order chi connectivity index (χ1) is 13.3. The van der Waals surface area contributed by atoms with Crippen LogP contribution in [0, 0.1) is 11.3 Å². The fourth-order valence-electron chi connectivity index (χ4n) is 3.74. The lowest BCUT2D eigenvalue weighted by Gasteiger charge is -2.30. The summed E-state index contributed by atoms with van der Waals surface area (Å²) in [6.07, 6.45) is 4.35. The summed E-state index contributed by atoms with van der Waals surface area (Å²) in [5.74, 6) is 0. The van der Waals surface area contributed by atoms with Gasteiger partial charge in [-0.15, -0.1) is 0 Å². The number of rotatable bonds is 5. The summed E-state index contributed by atoms with van der Waals surface area (Å²) in [5, 5.41) is 23.0. The van der Waals surface area contributed by atoms with Crippen LogP contribution in [0.1, 0.15) is 43.0 Å². The van der Waals surface area contributed by atoms with Crippen molar-refractivity contribution in [3.63, 3.8) is 0 Å². The van der Waals surface area contributed by atoms with E-state index < -0.39 is 16.1 Å². The van der Waals surface area contributed by atoms with Crippen LogP contribution in [0.15, 0.2) is 6.20 Å². The predicted octanol–water partition coefficient (Wildman–Crippen LogP) is 1.01. The van der Waals surface area contributed by atoms with Gasteiger partial charge in [0.05, 0.1) is 31.2 Å². The molecular weight excluding hydrogens is 386 g/mol. The third kappa shape index (κ3) is 4.63. The molecule has 3 heterocycles. The maximum atomic E-state index is 11.6. The summed E-state index contributed by atoms with van der Waals surface area (Å²) in [6.45, 7) is 1.98. The molecule has 2 fully saturated rings. The second-order valence-electron chi connectivity index (χ2n) is 7.25. The summed E-state index contributed by atoms with van der Waals surface area (Å²) in [6, 6.07) is 2.19. The van der Waals surface area contributed by atoms with Crippen LogP contribution in [0.4, 0.5) is 4.79 Å². The molecule has 1 amide bonds. The van der Waals surface area contributed by atoms with Crippen LogP contribution < -0.4 is 0 Å². The van der Waals surface area contributed by atoms with Gasteiger partial charge in [-0.25, -0.2) is 17.5 Å². The zero-order valence-corrected chi connectivity index (χ0v) is 16.6. The van der Waals surface area contributed by atoms with Crippen LogP contribution in [-0.2, 0) is 21.4 Å². The number of nitriles is 1. The highest BCUT2D eigenvalue weighted by molar-refractivity contribution is 7.88. The zero-order valence-electron chi connectivity index (χ0n) is 15.8. The van der Waals surface area contributed by atoms with Gasteiger partial charge in [0.15, 0.2) is 0 Å². The van der Waals surface area contributed by atoms with E-state index in [-0.39, 0.29) is 18.8 Å². The van der Waals surface area contributed by atoms with Crippen LogP contribution >= 0.6 is 0 Å². The Hall–Kier alpha value is -2.16. The fraction of sp³-hybridized carbons (Fsp3) is 0.706. The average molecular weight is 411 g/mol. The quantitative estimate of drug-likeness (QED) is 0.765. The number of likely N-dealkylation sites (tertiary alicyclic amines) is 1. The van der Waals surface area contributed by atoms with E-state index >= 15 is 0 Å². The van der Waals surface area contributed by atoms with Gasteiger partial charge in [-0.2, -0.15) is 10.4 Å². The Balaban J connectivity index is 1.56. The van der Waals surface area contributed by atoms with Gasteiger partial charge in [-0.1, -0.05) is 0 Å². The third-order valence-corrected chi connectivity index (χ3v) is 6.71.